The third-order valence-corrected chi connectivity index (χ3v) is 2.26. The maximum Gasteiger partial charge on any atom is 0.126 e. The van der Waals surface area contributed by atoms with Crippen molar-refractivity contribution in [1.82, 2.24) is 4.98 Å². The van der Waals surface area contributed by atoms with Crippen LogP contribution in [0.1, 0.15) is 0 Å². The van der Waals surface area contributed by atoms with E-state index in [0.29, 0.717) is 21.0 Å². The van der Waals surface area contributed by atoms with Gasteiger partial charge in [0.25, 0.3) is 0 Å². The summed E-state index contributed by atoms with van der Waals surface area (Å²) in [6.07, 6.45) is 1.45. The van der Waals surface area contributed by atoms with Crippen LogP contribution in [-0.2, 0) is 0 Å². The number of rotatable bonds is 0. The molecule has 0 aliphatic rings. The molecule has 0 amide bonds. The van der Waals surface area contributed by atoms with Crippen LogP contribution in [0.15, 0.2) is 10.8 Å². The van der Waals surface area contributed by atoms with Crippen molar-refractivity contribution >= 4 is 38.9 Å². The van der Waals surface area contributed by atoms with E-state index in [2.05, 4.69) is 20.9 Å². The predicted octanol–water partition coefficient (Wildman–Crippen LogP) is 1.66. The molecule has 1 heterocycles. The van der Waals surface area contributed by atoms with Crippen molar-refractivity contribution in [3.63, 3.8) is 0 Å². The summed E-state index contributed by atoms with van der Waals surface area (Å²) < 4.78 is 0.515. The summed E-state index contributed by atoms with van der Waals surface area (Å²) in [7, 11) is 0. The van der Waals surface area contributed by atoms with Crippen LogP contribution >= 0.6 is 27.5 Å². The molecule has 3 nitrogen and oxygen atoms in total. The number of nitrogens with two attached hydrogens (primary N) is 2. The first-order valence-electron chi connectivity index (χ1n) is 2.48. The lowest BCUT2D eigenvalue weighted by atomic mass is 10.4. The zero-order chi connectivity index (χ0) is 7.72. The lowest BCUT2D eigenvalue weighted by Crippen LogP contribution is -1.96. The number of anilines is 2. The fourth-order valence-electron chi connectivity index (χ4n) is 0.490. The van der Waals surface area contributed by atoms with Crippen molar-refractivity contribution in [2.45, 2.75) is 0 Å². The molecule has 54 valence electrons. The van der Waals surface area contributed by atoms with Gasteiger partial charge in [-0.25, -0.2) is 4.98 Å². The third kappa shape index (κ3) is 1.17. The minimum Gasteiger partial charge on any atom is -0.396 e. The van der Waals surface area contributed by atoms with Gasteiger partial charge in [-0.05, 0) is 15.9 Å². The maximum absolute atomic E-state index is 5.67. The molecule has 0 fully saturated rings. The second-order valence-electron chi connectivity index (χ2n) is 1.73. The van der Waals surface area contributed by atoms with E-state index in [9.17, 15) is 0 Å². The number of aromatic nitrogens is 1. The Bertz CT molecular complexity index is 236. The first-order chi connectivity index (χ1) is 4.63. The molecule has 0 unspecified atom stereocenters. The van der Waals surface area contributed by atoms with Gasteiger partial charge in [-0.3, -0.25) is 0 Å². The van der Waals surface area contributed by atoms with Gasteiger partial charge in [-0.15, -0.1) is 0 Å². The molecule has 0 radical (unpaired) electrons. The molecule has 0 saturated carbocycles. The minimum absolute atomic E-state index is 0.361. The predicted molar refractivity (Wildman–Crippen MR) is 45.8 cm³/mol. The zero-order valence-corrected chi connectivity index (χ0v) is 7.28. The van der Waals surface area contributed by atoms with Gasteiger partial charge in [0.15, 0.2) is 0 Å². The van der Waals surface area contributed by atoms with E-state index in [4.69, 9.17) is 23.1 Å². The molecule has 1 aromatic heterocycles. The van der Waals surface area contributed by atoms with Gasteiger partial charge in [-0.1, -0.05) is 11.6 Å². The molecule has 1 rings (SSSR count). The maximum atomic E-state index is 5.67. The average Bonchev–Trinajstić information content (AvgIpc) is 1.93. The highest BCUT2D eigenvalue weighted by atomic mass is 79.9. The molecule has 0 aliphatic heterocycles. The van der Waals surface area contributed by atoms with Gasteiger partial charge in [0.1, 0.15) is 4.60 Å². The fraction of sp³-hybridized carbons (Fsp3) is 0. The number of hydrogen-bond acceptors (Lipinski definition) is 3. The fourth-order valence-corrected chi connectivity index (χ4v) is 0.964. The summed E-state index contributed by atoms with van der Waals surface area (Å²) in [6.45, 7) is 0. The molecule has 1 aromatic rings. The van der Waals surface area contributed by atoms with Crippen LogP contribution in [-0.4, -0.2) is 4.98 Å². The summed E-state index contributed by atoms with van der Waals surface area (Å²) in [5.41, 5.74) is 11.6. The van der Waals surface area contributed by atoms with Gasteiger partial charge in [0, 0.05) is 0 Å². The Labute approximate surface area is 71.5 Å². The van der Waals surface area contributed by atoms with Gasteiger partial charge < -0.3 is 11.5 Å². The van der Waals surface area contributed by atoms with E-state index in [-0.39, 0.29) is 0 Å². The Morgan fingerprint density at radius 1 is 1.50 bits per heavy atom. The van der Waals surface area contributed by atoms with Gasteiger partial charge >= 0.3 is 0 Å². The molecule has 5 heteroatoms. The number of halogens is 2. The summed E-state index contributed by atoms with van der Waals surface area (Å²) in [5, 5.41) is 0.361. The second kappa shape index (κ2) is 2.64. The van der Waals surface area contributed by atoms with Crippen LogP contribution in [0, 0.1) is 0 Å². The third-order valence-electron chi connectivity index (χ3n) is 1.05. The number of nitrogens with zero attached hydrogens (tertiary/aromatic N) is 1. The molecule has 0 bridgehead atoms. The van der Waals surface area contributed by atoms with Crippen LogP contribution in [0.4, 0.5) is 11.4 Å². The average molecular weight is 222 g/mol. The van der Waals surface area contributed by atoms with Crippen molar-refractivity contribution in [3.8, 4) is 0 Å². The minimum atomic E-state index is 0.361. The molecule has 0 aromatic carbocycles. The smallest absolute Gasteiger partial charge is 0.126 e. The van der Waals surface area contributed by atoms with E-state index in [1.54, 1.807) is 0 Å². The highest BCUT2D eigenvalue weighted by Crippen LogP contribution is 2.29. The Kier molecular flexibility index (Phi) is 2.01. The quantitative estimate of drug-likeness (QED) is 0.656. The van der Waals surface area contributed by atoms with Crippen molar-refractivity contribution in [1.29, 1.82) is 0 Å². The summed E-state index contributed by atoms with van der Waals surface area (Å²) in [6, 6.07) is 0. The topological polar surface area (TPSA) is 64.9 Å². The Morgan fingerprint density at radius 2 is 2.10 bits per heavy atom. The second-order valence-corrected chi connectivity index (χ2v) is 2.86. The van der Waals surface area contributed by atoms with E-state index in [1.807, 2.05) is 0 Å². The summed E-state index contributed by atoms with van der Waals surface area (Å²) in [4.78, 5) is 3.82. The lowest BCUT2D eigenvalue weighted by Gasteiger charge is -2.01. The Balaban J connectivity index is 3.34. The lowest BCUT2D eigenvalue weighted by molar-refractivity contribution is 1.28. The van der Waals surface area contributed by atoms with Gasteiger partial charge in [0.05, 0.1) is 22.6 Å². The van der Waals surface area contributed by atoms with Crippen LogP contribution in [0.5, 0.6) is 0 Å². The largest absolute Gasteiger partial charge is 0.396 e. The van der Waals surface area contributed by atoms with Crippen LogP contribution in [0.25, 0.3) is 0 Å². The molecule has 4 N–H and O–H groups in total. The highest BCUT2D eigenvalue weighted by Gasteiger charge is 2.04. The molecule has 0 saturated heterocycles. The van der Waals surface area contributed by atoms with Gasteiger partial charge in [-0.2, -0.15) is 0 Å². The van der Waals surface area contributed by atoms with E-state index < -0.39 is 0 Å². The normalized spacial score (nSPS) is 9.80. The first-order valence-corrected chi connectivity index (χ1v) is 3.65. The van der Waals surface area contributed by atoms with Gasteiger partial charge in [0.2, 0.25) is 0 Å². The van der Waals surface area contributed by atoms with Crippen molar-refractivity contribution in [2.75, 3.05) is 11.5 Å². The summed E-state index contributed by atoms with van der Waals surface area (Å²) >= 11 is 8.77. The van der Waals surface area contributed by atoms with E-state index >= 15 is 0 Å². The van der Waals surface area contributed by atoms with E-state index in [0.717, 1.165) is 0 Å². The van der Waals surface area contributed by atoms with Crippen molar-refractivity contribution < 1.29 is 0 Å². The van der Waals surface area contributed by atoms with Crippen LogP contribution in [0.3, 0.4) is 0 Å². The van der Waals surface area contributed by atoms with Crippen molar-refractivity contribution in [2.24, 2.45) is 0 Å². The molecular formula is C5H5BrClN3. The molecule has 10 heavy (non-hydrogen) atoms. The molecule has 0 spiro atoms. The highest BCUT2D eigenvalue weighted by molar-refractivity contribution is 9.10. The van der Waals surface area contributed by atoms with Crippen LogP contribution in [0.2, 0.25) is 5.02 Å². The molecule has 0 aliphatic carbocycles. The number of nitrogen functional groups attached to an aromatic ring is 2. The molecule has 0 atom stereocenters. The first kappa shape index (κ1) is 7.63. The standard InChI is InChI=1S/C5H5BrClN3/c6-5-3(7)4(9)2(8)1-10-5/h1H,8H2,(H2,9,10). The SMILES string of the molecule is Nc1cnc(Br)c(Cl)c1N. The number of pyridine rings is 1. The Hall–Kier alpha value is -0.480. The summed E-state index contributed by atoms with van der Waals surface area (Å²) in [5.74, 6) is 0. The molecular weight excluding hydrogens is 217 g/mol. The zero-order valence-electron chi connectivity index (χ0n) is 4.94. The monoisotopic (exact) mass is 221 g/mol. The van der Waals surface area contributed by atoms with Crippen LogP contribution < -0.4 is 11.5 Å². The van der Waals surface area contributed by atoms with Crippen molar-refractivity contribution in [3.05, 3.63) is 15.8 Å². The number of hydrogen-bond donors (Lipinski definition) is 2. The van der Waals surface area contributed by atoms with E-state index in [1.165, 1.54) is 6.20 Å². The Morgan fingerprint density at radius 3 is 2.60 bits per heavy atom.